The number of rotatable bonds is 9. The maximum absolute atomic E-state index is 12.2. The molecule has 1 amide bonds. The molecule has 0 saturated heterocycles. The van der Waals surface area contributed by atoms with Crippen LogP contribution in [0.1, 0.15) is 5.56 Å². The highest BCUT2D eigenvalue weighted by Crippen LogP contribution is 2.32. The van der Waals surface area contributed by atoms with E-state index in [-0.39, 0.29) is 23.1 Å². The average molecular weight is 381 g/mol. The third kappa shape index (κ3) is 4.92. The van der Waals surface area contributed by atoms with Crippen LogP contribution >= 0.6 is 11.8 Å². The van der Waals surface area contributed by atoms with Crippen molar-refractivity contribution < 1.29 is 19.2 Å². The molecule has 0 aliphatic carbocycles. The zero-order chi connectivity index (χ0) is 19.1. The molecule has 1 N–H and O–H groups in total. The van der Waals surface area contributed by atoms with E-state index >= 15 is 0 Å². The Morgan fingerprint density at radius 2 is 2.19 bits per heavy atom. The molecule has 1 heterocycles. The van der Waals surface area contributed by atoms with Gasteiger partial charge in [0, 0.05) is 31.5 Å². The number of hydrogen-bond donors (Lipinski definition) is 1. The molecular weight excluding hydrogens is 362 g/mol. The van der Waals surface area contributed by atoms with Crippen molar-refractivity contribution in [2.75, 3.05) is 31.9 Å². The van der Waals surface area contributed by atoms with E-state index < -0.39 is 4.92 Å². The average Bonchev–Trinajstić information content (AvgIpc) is 3.06. The highest BCUT2D eigenvalue weighted by molar-refractivity contribution is 7.99. The first kappa shape index (κ1) is 19.7. The summed E-state index contributed by atoms with van der Waals surface area (Å²) in [5.74, 6) is -0.0668. The lowest BCUT2D eigenvalue weighted by molar-refractivity contribution is -0.385. The van der Waals surface area contributed by atoms with Gasteiger partial charge in [-0.2, -0.15) is 0 Å². The zero-order valence-electron chi connectivity index (χ0n) is 14.6. The van der Waals surface area contributed by atoms with Crippen LogP contribution in [-0.4, -0.2) is 52.2 Å². The number of aromatic nitrogens is 3. The van der Waals surface area contributed by atoms with E-state index in [2.05, 4.69) is 15.5 Å². The van der Waals surface area contributed by atoms with Gasteiger partial charge in [0.25, 0.3) is 0 Å². The molecule has 0 atom stereocenters. The van der Waals surface area contributed by atoms with Crippen LogP contribution < -0.4 is 10.1 Å². The molecule has 0 radical (unpaired) electrons. The van der Waals surface area contributed by atoms with Crippen LogP contribution in [0.4, 0.5) is 11.4 Å². The van der Waals surface area contributed by atoms with Crippen molar-refractivity contribution in [2.45, 2.75) is 18.6 Å². The maximum Gasteiger partial charge on any atom is 0.311 e. The first-order chi connectivity index (χ1) is 12.5. The number of methoxy groups -OCH3 is 2. The van der Waals surface area contributed by atoms with Crippen molar-refractivity contribution in [3.8, 4) is 5.75 Å². The van der Waals surface area contributed by atoms with Gasteiger partial charge in [-0.25, -0.2) is 0 Å². The van der Waals surface area contributed by atoms with Crippen LogP contribution in [0.15, 0.2) is 23.6 Å². The monoisotopic (exact) mass is 381 g/mol. The minimum absolute atomic E-state index is 0.0860. The van der Waals surface area contributed by atoms with Crippen LogP contribution in [0.5, 0.6) is 5.75 Å². The molecular formula is C15H19N5O5S. The van der Waals surface area contributed by atoms with Gasteiger partial charge < -0.3 is 19.4 Å². The molecule has 2 rings (SSSR count). The molecule has 0 fully saturated rings. The van der Waals surface area contributed by atoms with Crippen molar-refractivity contribution >= 4 is 29.0 Å². The lowest BCUT2D eigenvalue weighted by Crippen LogP contribution is -2.16. The molecule has 0 aliphatic heterocycles. The summed E-state index contributed by atoms with van der Waals surface area (Å²) in [4.78, 5) is 22.7. The third-order valence-corrected chi connectivity index (χ3v) is 4.43. The normalized spacial score (nSPS) is 10.6. The molecule has 1 aromatic carbocycles. The molecule has 1 aromatic heterocycles. The predicted octanol–water partition coefficient (Wildman–Crippen LogP) is 1.88. The summed E-state index contributed by atoms with van der Waals surface area (Å²) >= 11 is 1.24. The van der Waals surface area contributed by atoms with Crippen molar-refractivity contribution in [3.05, 3.63) is 34.1 Å². The largest absolute Gasteiger partial charge is 0.490 e. The summed E-state index contributed by atoms with van der Waals surface area (Å²) in [5.41, 5.74) is 0.877. The van der Waals surface area contributed by atoms with E-state index in [9.17, 15) is 14.9 Å². The Balaban J connectivity index is 2.02. The van der Waals surface area contributed by atoms with Crippen molar-refractivity contribution in [1.82, 2.24) is 14.8 Å². The second-order valence-corrected chi connectivity index (χ2v) is 6.18. The Kier molecular flexibility index (Phi) is 6.92. The fraction of sp³-hybridized carbons (Fsp3) is 0.400. The van der Waals surface area contributed by atoms with Gasteiger partial charge in [-0.1, -0.05) is 11.8 Å². The first-order valence-electron chi connectivity index (χ1n) is 7.58. The molecule has 0 spiro atoms. The Bertz CT molecular complexity index is 795. The summed E-state index contributed by atoms with van der Waals surface area (Å²) in [5, 5.41) is 22.2. The number of nitro benzene ring substituents is 1. The standard InChI is InChI=1S/C15H19N5O5S/c1-10-6-12(20(22)23)13(25-3)7-11(10)17-14(21)8-26-15-18-16-9-19(15)4-5-24-2/h6-7,9H,4-5,8H2,1-3H3,(H,17,21). The minimum atomic E-state index is -0.528. The van der Waals surface area contributed by atoms with E-state index in [1.54, 1.807) is 24.9 Å². The lowest BCUT2D eigenvalue weighted by atomic mass is 10.1. The minimum Gasteiger partial charge on any atom is -0.490 e. The van der Waals surface area contributed by atoms with Gasteiger partial charge in [0.05, 0.1) is 24.4 Å². The molecule has 10 nitrogen and oxygen atoms in total. The summed E-state index contributed by atoms with van der Waals surface area (Å²) in [7, 11) is 2.94. The second kappa shape index (κ2) is 9.15. The number of carbonyl (C=O) groups excluding carboxylic acids is 1. The Labute approximate surface area is 154 Å². The summed E-state index contributed by atoms with van der Waals surface area (Å²) in [6.07, 6.45) is 1.57. The molecule has 0 aliphatic rings. The van der Waals surface area contributed by atoms with Crippen LogP contribution in [0.3, 0.4) is 0 Å². The lowest BCUT2D eigenvalue weighted by Gasteiger charge is -2.11. The van der Waals surface area contributed by atoms with E-state index in [4.69, 9.17) is 9.47 Å². The fourth-order valence-corrected chi connectivity index (χ4v) is 2.87. The number of aryl methyl sites for hydroxylation is 1. The van der Waals surface area contributed by atoms with E-state index in [0.29, 0.717) is 29.6 Å². The van der Waals surface area contributed by atoms with Gasteiger partial charge in [-0.15, -0.1) is 10.2 Å². The molecule has 26 heavy (non-hydrogen) atoms. The third-order valence-electron chi connectivity index (χ3n) is 3.45. The molecule has 2 aromatic rings. The summed E-state index contributed by atoms with van der Waals surface area (Å²) in [6.45, 7) is 2.78. The number of ether oxygens (including phenoxy) is 2. The van der Waals surface area contributed by atoms with Crippen LogP contribution in [0, 0.1) is 17.0 Å². The quantitative estimate of drug-likeness (QED) is 0.397. The van der Waals surface area contributed by atoms with E-state index in [1.807, 2.05) is 0 Å². The van der Waals surface area contributed by atoms with Crippen molar-refractivity contribution in [3.63, 3.8) is 0 Å². The second-order valence-electron chi connectivity index (χ2n) is 5.23. The van der Waals surface area contributed by atoms with Crippen LogP contribution in [0.25, 0.3) is 0 Å². The van der Waals surface area contributed by atoms with Gasteiger partial charge in [-0.3, -0.25) is 14.9 Å². The highest BCUT2D eigenvalue weighted by Gasteiger charge is 2.18. The van der Waals surface area contributed by atoms with Gasteiger partial charge >= 0.3 is 5.69 Å². The number of anilines is 1. The smallest absolute Gasteiger partial charge is 0.311 e. The first-order valence-corrected chi connectivity index (χ1v) is 8.57. The van der Waals surface area contributed by atoms with Gasteiger partial charge in [0.1, 0.15) is 6.33 Å². The predicted molar refractivity (Wildman–Crippen MR) is 95.6 cm³/mol. The number of nitro groups is 1. The Hall–Kier alpha value is -2.66. The Morgan fingerprint density at radius 3 is 2.85 bits per heavy atom. The SMILES string of the molecule is COCCn1cnnc1SCC(=O)Nc1cc(OC)c([N+](=O)[O-])cc1C. The van der Waals surface area contributed by atoms with E-state index in [0.717, 1.165) is 0 Å². The molecule has 140 valence electrons. The molecule has 11 heteroatoms. The number of amides is 1. The van der Waals surface area contributed by atoms with Crippen molar-refractivity contribution in [2.24, 2.45) is 0 Å². The maximum atomic E-state index is 12.2. The van der Waals surface area contributed by atoms with Crippen LogP contribution in [-0.2, 0) is 16.1 Å². The molecule has 0 bridgehead atoms. The number of nitrogens with zero attached hydrogens (tertiary/aromatic N) is 4. The number of nitrogens with one attached hydrogen (secondary N) is 1. The van der Waals surface area contributed by atoms with E-state index in [1.165, 1.54) is 31.0 Å². The number of carbonyl (C=O) groups is 1. The number of benzene rings is 1. The van der Waals surface area contributed by atoms with Gasteiger partial charge in [0.2, 0.25) is 5.91 Å². The van der Waals surface area contributed by atoms with Crippen molar-refractivity contribution in [1.29, 1.82) is 0 Å². The summed E-state index contributed by atoms with van der Waals surface area (Å²) < 4.78 is 11.8. The van der Waals surface area contributed by atoms with Gasteiger partial charge in [-0.05, 0) is 12.5 Å². The van der Waals surface area contributed by atoms with Gasteiger partial charge in [0.15, 0.2) is 10.9 Å². The molecule has 0 unspecified atom stereocenters. The highest BCUT2D eigenvalue weighted by atomic mass is 32.2. The Morgan fingerprint density at radius 1 is 1.42 bits per heavy atom. The fourth-order valence-electron chi connectivity index (χ4n) is 2.13. The number of thioether (sulfide) groups is 1. The zero-order valence-corrected chi connectivity index (χ0v) is 15.4. The molecule has 0 saturated carbocycles. The summed E-state index contributed by atoms with van der Waals surface area (Å²) in [6, 6.07) is 2.81. The number of hydrogen-bond acceptors (Lipinski definition) is 8. The topological polar surface area (TPSA) is 121 Å². The van der Waals surface area contributed by atoms with Crippen LogP contribution in [0.2, 0.25) is 0 Å².